The molecule has 0 spiro atoms. The Kier molecular flexibility index (Phi) is 11.7. The number of imidazole rings is 2. The van der Waals surface area contributed by atoms with E-state index in [1.807, 2.05) is 85.4 Å². The van der Waals surface area contributed by atoms with Gasteiger partial charge in [0.05, 0.1) is 31.1 Å². The number of carbonyl (C=O) groups is 3. The first-order valence-electron chi connectivity index (χ1n) is 20.0. The van der Waals surface area contributed by atoms with Crippen molar-refractivity contribution in [3.8, 4) is 11.3 Å². The van der Waals surface area contributed by atoms with Crippen molar-refractivity contribution in [1.29, 1.82) is 0 Å². The largest absolute Gasteiger partial charge is 0.453 e. The van der Waals surface area contributed by atoms with E-state index in [1.54, 1.807) is 0 Å². The Morgan fingerprint density at radius 1 is 0.782 bits per heavy atom. The molecule has 1 saturated carbocycles. The maximum Gasteiger partial charge on any atom is 0.407 e. The van der Waals surface area contributed by atoms with Crippen LogP contribution >= 0.6 is 0 Å². The van der Waals surface area contributed by atoms with Crippen LogP contribution in [-0.4, -0.2) is 92.9 Å². The number of hydrogen-bond donors (Lipinski definition) is 3. The number of carbonyl (C=O) groups excluding carboxylic acids is 3. The third-order valence-electron chi connectivity index (χ3n) is 12.0. The van der Waals surface area contributed by atoms with Gasteiger partial charge in [-0.3, -0.25) is 14.5 Å². The van der Waals surface area contributed by atoms with Crippen LogP contribution in [0.1, 0.15) is 124 Å². The summed E-state index contributed by atoms with van der Waals surface area (Å²) in [4.78, 5) is 62.1. The van der Waals surface area contributed by atoms with E-state index in [0.29, 0.717) is 18.4 Å². The Morgan fingerprint density at radius 2 is 1.38 bits per heavy atom. The monoisotopic (exact) mass is 748 g/mol. The van der Waals surface area contributed by atoms with Crippen LogP contribution in [0.5, 0.6) is 0 Å². The molecular weight excluding hydrogens is 693 g/mol. The highest BCUT2D eigenvalue weighted by Crippen LogP contribution is 2.42. The highest BCUT2D eigenvalue weighted by molar-refractivity contribution is 5.86. The van der Waals surface area contributed by atoms with Crippen LogP contribution in [-0.2, 0) is 14.3 Å². The lowest BCUT2D eigenvalue weighted by Gasteiger charge is -2.31. The fourth-order valence-corrected chi connectivity index (χ4v) is 9.02. The van der Waals surface area contributed by atoms with Crippen LogP contribution in [0, 0.1) is 5.92 Å². The molecule has 55 heavy (non-hydrogen) atoms. The lowest BCUT2D eigenvalue weighted by atomic mass is 9.77. The second kappa shape index (κ2) is 16.8. The molecule has 2 aliphatic heterocycles. The Hall–Kier alpha value is -4.97. The summed E-state index contributed by atoms with van der Waals surface area (Å²) in [5.41, 5.74) is 5.54. The van der Waals surface area contributed by atoms with Crippen molar-refractivity contribution < 1.29 is 19.1 Å². The Morgan fingerprint density at radius 3 is 2.00 bits per heavy atom. The van der Waals surface area contributed by atoms with Crippen LogP contribution in [0.2, 0.25) is 0 Å². The lowest BCUT2D eigenvalue weighted by molar-refractivity contribution is -0.137. The molecule has 3 N–H and O–H groups in total. The average Bonchev–Trinajstić information content (AvgIpc) is 4.04. The number of aromatic amines is 2. The number of likely N-dealkylation sites (N-methyl/N-ethyl adjacent to an activating group) is 1. The zero-order valence-electron chi connectivity index (χ0n) is 32.8. The molecule has 2 aromatic heterocycles. The molecule has 2 aromatic carbocycles. The standard InChI is InChI=1S/C43H56N8O4/c1-27(2)37(48-43(54)55-5)41(52)50-23-9-13-35(50)39-44-25-33(46-39)30-19-15-28(16-20-30)29-17-21-31(22-18-29)34-26-45-40(47-34)36-14-10-24-51(36)42(53)38(49(3)4)32-11-7-6-8-12-32/h6-8,11-12,15-16,19-20,25-27,29,31,35-38H,9-10,13-14,17-18,21-24H2,1-5H3,(H,44,46)(H,45,47)(H,48,54)/t29?,31?,35-,36-,37-,38+/m0/s1. The van der Waals surface area contributed by atoms with Gasteiger partial charge in [-0.1, -0.05) is 68.4 Å². The second-order valence-electron chi connectivity index (χ2n) is 16.1. The number of ether oxygens (including phenoxy) is 1. The van der Waals surface area contributed by atoms with Crippen molar-refractivity contribution in [2.24, 2.45) is 5.92 Å². The molecule has 4 aromatic rings. The Labute approximate surface area is 324 Å². The van der Waals surface area contributed by atoms with Gasteiger partial charge in [-0.2, -0.15) is 0 Å². The van der Waals surface area contributed by atoms with Crippen molar-refractivity contribution in [3.05, 3.63) is 95.5 Å². The molecule has 4 atom stereocenters. The summed E-state index contributed by atoms with van der Waals surface area (Å²) in [7, 11) is 5.25. The van der Waals surface area contributed by atoms with Gasteiger partial charge in [-0.15, -0.1) is 0 Å². The molecule has 0 bridgehead atoms. The number of nitrogens with zero attached hydrogens (tertiary/aromatic N) is 5. The van der Waals surface area contributed by atoms with Crippen molar-refractivity contribution in [3.63, 3.8) is 0 Å². The predicted octanol–water partition coefficient (Wildman–Crippen LogP) is 7.25. The summed E-state index contributed by atoms with van der Waals surface area (Å²) < 4.78 is 4.77. The number of aromatic nitrogens is 4. The molecule has 4 heterocycles. The SMILES string of the molecule is COC(=O)N[C@H](C(=O)N1CCC[C@H]1c1ncc(-c2ccc(C3CCC(c4cnc([C@@H]5CCCN5C(=O)[C@@H](c5ccccc5)N(C)C)[nH]4)CC3)cc2)[nH]1)C(C)C. The molecule has 12 heteroatoms. The molecule has 0 radical (unpaired) electrons. The normalized spacial score (nSPS) is 22.6. The molecule has 2 saturated heterocycles. The van der Waals surface area contributed by atoms with E-state index < -0.39 is 12.1 Å². The first kappa shape index (κ1) is 38.3. The topological polar surface area (TPSA) is 140 Å². The third-order valence-corrected chi connectivity index (χ3v) is 12.0. The second-order valence-corrected chi connectivity index (χ2v) is 16.1. The summed E-state index contributed by atoms with van der Waals surface area (Å²) >= 11 is 0. The van der Waals surface area contributed by atoms with E-state index in [1.165, 1.54) is 18.4 Å². The van der Waals surface area contributed by atoms with E-state index in [2.05, 4.69) is 39.6 Å². The highest BCUT2D eigenvalue weighted by Gasteiger charge is 2.39. The molecule has 292 valence electrons. The summed E-state index contributed by atoms with van der Waals surface area (Å²) in [6.07, 6.45) is 11.2. The number of alkyl carbamates (subject to hydrolysis) is 1. The number of methoxy groups -OCH3 is 1. The number of amides is 3. The number of rotatable bonds is 11. The van der Waals surface area contributed by atoms with Crippen LogP contribution < -0.4 is 5.32 Å². The van der Waals surface area contributed by atoms with E-state index in [4.69, 9.17) is 14.7 Å². The van der Waals surface area contributed by atoms with Crippen molar-refractivity contribution in [2.45, 2.75) is 101 Å². The van der Waals surface area contributed by atoms with Crippen molar-refractivity contribution in [2.75, 3.05) is 34.3 Å². The summed E-state index contributed by atoms with van der Waals surface area (Å²) in [5.74, 6) is 2.54. The highest BCUT2D eigenvalue weighted by atomic mass is 16.5. The van der Waals surface area contributed by atoms with E-state index in [-0.39, 0.29) is 35.9 Å². The van der Waals surface area contributed by atoms with Crippen molar-refractivity contribution >= 4 is 17.9 Å². The van der Waals surface area contributed by atoms with Gasteiger partial charge in [0, 0.05) is 30.9 Å². The minimum atomic E-state index is -0.663. The van der Waals surface area contributed by atoms with E-state index in [9.17, 15) is 14.4 Å². The minimum absolute atomic E-state index is 0.0274. The fraction of sp³-hybridized carbons (Fsp3) is 0.512. The van der Waals surface area contributed by atoms with Crippen LogP contribution in [0.25, 0.3) is 11.3 Å². The molecule has 3 amide bonds. The molecular formula is C43H56N8O4. The van der Waals surface area contributed by atoms with E-state index in [0.717, 1.165) is 86.4 Å². The van der Waals surface area contributed by atoms with Gasteiger partial charge >= 0.3 is 6.09 Å². The molecule has 12 nitrogen and oxygen atoms in total. The summed E-state index contributed by atoms with van der Waals surface area (Å²) in [6.45, 7) is 5.21. The van der Waals surface area contributed by atoms with Gasteiger partial charge in [-0.05, 0) is 94.0 Å². The van der Waals surface area contributed by atoms with Gasteiger partial charge in [0.2, 0.25) is 11.8 Å². The van der Waals surface area contributed by atoms with E-state index >= 15 is 0 Å². The van der Waals surface area contributed by atoms with Crippen LogP contribution in [0.15, 0.2) is 67.0 Å². The predicted molar refractivity (Wildman–Crippen MR) is 211 cm³/mol. The number of benzene rings is 2. The molecule has 3 aliphatic rings. The molecule has 3 fully saturated rings. The van der Waals surface area contributed by atoms with Crippen LogP contribution in [0.4, 0.5) is 4.79 Å². The molecule has 7 rings (SSSR count). The maximum atomic E-state index is 13.9. The zero-order chi connectivity index (χ0) is 38.6. The summed E-state index contributed by atoms with van der Waals surface area (Å²) in [5, 5.41) is 2.71. The first-order chi connectivity index (χ1) is 26.6. The number of nitrogens with one attached hydrogen (secondary N) is 3. The smallest absolute Gasteiger partial charge is 0.407 e. The first-order valence-corrected chi connectivity index (χ1v) is 20.0. The average molecular weight is 749 g/mol. The van der Waals surface area contributed by atoms with Gasteiger partial charge in [0.1, 0.15) is 23.7 Å². The number of H-pyrrole nitrogens is 2. The Balaban J connectivity index is 0.949. The maximum absolute atomic E-state index is 13.9. The van der Waals surface area contributed by atoms with Gasteiger partial charge in [0.25, 0.3) is 0 Å². The Bertz CT molecular complexity index is 1910. The minimum Gasteiger partial charge on any atom is -0.453 e. The number of hydrogen-bond acceptors (Lipinski definition) is 7. The van der Waals surface area contributed by atoms with Crippen LogP contribution in [0.3, 0.4) is 0 Å². The summed E-state index contributed by atoms with van der Waals surface area (Å²) in [6, 6.07) is 17.7. The van der Waals surface area contributed by atoms with Gasteiger partial charge in [0.15, 0.2) is 0 Å². The molecule has 0 unspecified atom stereocenters. The molecule has 1 aliphatic carbocycles. The van der Waals surface area contributed by atoms with Crippen molar-refractivity contribution in [1.82, 2.24) is 40.0 Å². The van der Waals surface area contributed by atoms with Gasteiger partial charge < -0.3 is 29.8 Å². The third kappa shape index (κ3) is 8.20. The quantitative estimate of drug-likeness (QED) is 0.147. The fourth-order valence-electron chi connectivity index (χ4n) is 9.02. The zero-order valence-corrected chi connectivity index (χ0v) is 32.8. The number of likely N-dealkylation sites (tertiary alicyclic amines) is 2. The van der Waals surface area contributed by atoms with Gasteiger partial charge in [-0.25, -0.2) is 14.8 Å². The lowest BCUT2D eigenvalue weighted by Crippen LogP contribution is -2.51.